The first-order valence-corrected chi connectivity index (χ1v) is 9.84. The van der Waals surface area contributed by atoms with Crippen LogP contribution >= 0.6 is 11.6 Å². The summed E-state index contributed by atoms with van der Waals surface area (Å²) in [4.78, 5) is 28.8. The highest BCUT2D eigenvalue weighted by Gasteiger charge is 2.24. The Labute approximate surface area is 183 Å². The number of rotatable bonds is 8. The minimum Gasteiger partial charge on any atom is -0.466 e. The fourth-order valence-electron chi connectivity index (χ4n) is 2.92. The van der Waals surface area contributed by atoms with E-state index in [1.54, 1.807) is 49.5 Å². The lowest BCUT2D eigenvalue weighted by Gasteiger charge is -2.30. The summed E-state index contributed by atoms with van der Waals surface area (Å²) >= 11 is 5.68. The van der Waals surface area contributed by atoms with Gasteiger partial charge in [0.05, 0.1) is 18.2 Å². The van der Waals surface area contributed by atoms with Crippen molar-refractivity contribution < 1.29 is 28.6 Å². The number of allylic oxidation sites excluding steroid dienone is 2. The number of aliphatic hydroxyl groups excluding tert-OH is 1. The van der Waals surface area contributed by atoms with Gasteiger partial charge in [0.1, 0.15) is 12.2 Å². The van der Waals surface area contributed by atoms with E-state index in [2.05, 4.69) is 4.98 Å². The molecule has 0 spiro atoms. The average Bonchev–Trinajstić information content (AvgIpc) is 2.72. The molecule has 2 aromatic rings. The van der Waals surface area contributed by atoms with Crippen LogP contribution in [-0.2, 0) is 14.3 Å². The molecule has 1 atom stereocenters. The van der Waals surface area contributed by atoms with Crippen molar-refractivity contribution in [2.75, 3.05) is 13.2 Å². The predicted octanol–water partition coefficient (Wildman–Crippen LogP) is 3.72. The van der Waals surface area contributed by atoms with Crippen LogP contribution in [0.25, 0.3) is 5.57 Å². The zero-order valence-electron chi connectivity index (χ0n) is 16.6. The largest absolute Gasteiger partial charge is 0.466 e. The van der Waals surface area contributed by atoms with Gasteiger partial charge in [-0.1, -0.05) is 29.8 Å². The molecular weight excluding hydrogens is 427 g/mol. The second-order valence-corrected chi connectivity index (χ2v) is 7.03. The third-order valence-electron chi connectivity index (χ3n) is 4.33. The Morgan fingerprint density at radius 1 is 1.29 bits per heavy atom. The van der Waals surface area contributed by atoms with Gasteiger partial charge in [-0.2, -0.15) is 0 Å². The topological polar surface area (TPSA) is 89.0 Å². The molecule has 1 aromatic heterocycles. The number of hydrogen-bond donors (Lipinski definition) is 1. The number of aromatic nitrogens is 1. The lowest BCUT2D eigenvalue weighted by molar-refractivity contribution is -0.145. The highest BCUT2D eigenvalue weighted by atomic mass is 35.5. The predicted molar refractivity (Wildman–Crippen MR) is 112 cm³/mol. The van der Waals surface area contributed by atoms with E-state index in [4.69, 9.17) is 21.1 Å². The number of nitrogens with zero attached hydrogens (tertiary/aromatic N) is 2. The minimum absolute atomic E-state index is 0.142. The van der Waals surface area contributed by atoms with Gasteiger partial charge in [-0.3, -0.25) is 9.59 Å². The average molecular weight is 447 g/mol. The van der Waals surface area contributed by atoms with Crippen molar-refractivity contribution in [1.29, 1.82) is 0 Å². The highest BCUT2D eigenvalue weighted by molar-refractivity contribution is 6.30. The molecule has 1 aliphatic rings. The van der Waals surface area contributed by atoms with Crippen LogP contribution in [0.3, 0.4) is 0 Å². The van der Waals surface area contributed by atoms with Crippen LogP contribution in [0.5, 0.6) is 11.6 Å². The Balaban J connectivity index is 1.65. The van der Waals surface area contributed by atoms with Gasteiger partial charge < -0.3 is 19.5 Å². The van der Waals surface area contributed by atoms with E-state index in [1.165, 1.54) is 11.1 Å². The summed E-state index contributed by atoms with van der Waals surface area (Å²) in [5.74, 6) is -1.51. The maximum atomic E-state index is 13.8. The summed E-state index contributed by atoms with van der Waals surface area (Å²) in [6.45, 7) is 1.72. The third kappa shape index (κ3) is 5.90. The molecule has 0 fully saturated rings. The molecule has 162 valence electrons. The smallest absolute Gasteiger partial charge is 0.313 e. The summed E-state index contributed by atoms with van der Waals surface area (Å²) in [6.07, 6.45) is 4.82. The second kappa shape index (κ2) is 10.2. The van der Waals surface area contributed by atoms with Crippen LogP contribution < -0.4 is 4.74 Å². The molecular formula is C22H20ClFN2O5. The van der Waals surface area contributed by atoms with Gasteiger partial charge in [0.15, 0.2) is 17.8 Å². The van der Waals surface area contributed by atoms with E-state index in [0.29, 0.717) is 16.9 Å². The van der Waals surface area contributed by atoms with Crippen molar-refractivity contribution in [1.82, 2.24) is 9.88 Å². The van der Waals surface area contributed by atoms with Gasteiger partial charge in [0, 0.05) is 18.0 Å². The number of hydrogen-bond acceptors (Lipinski definition) is 7. The number of ketones is 1. The first-order chi connectivity index (χ1) is 14.9. The number of Topliss-reactive ketones (excluding diaryl/α,β-unsaturated/α-hetero) is 1. The molecule has 1 unspecified atom stereocenters. The number of aliphatic hydroxyl groups is 1. The Morgan fingerprint density at radius 3 is 2.71 bits per heavy atom. The summed E-state index contributed by atoms with van der Waals surface area (Å²) in [7, 11) is 0. The second-order valence-electron chi connectivity index (χ2n) is 6.60. The molecule has 0 radical (unpaired) electrons. The Morgan fingerprint density at radius 2 is 2.03 bits per heavy atom. The van der Waals surface area contributed by atoms with Crippen LogP contribution in [0.1, 0.15) is 18.9 Å². The first kappa shape index (κ1) is 22.5. The van der Waals surface area contributed by atoms with Crippen LogP contribution in [0.2, 0.25) is 5.02 Å². The molecule has 7 nitrogen and oxygen atoms in total. The molecule has 0 bridgehead atoms. The lowest BCUT2D eigenvalue weighted by Crippen LogP contribution is -2.37. The summed E-state index contributed by atoms with van der Waals surface area (Å²) < 4.78 is 24.0. The summed E-state index contributed by atoms with van der Waals surface area (Å²) in [5, 5.41) is 10.8. The third-order valence-corrected chi connectivity index (χ3v) is 4.53. The maximum Gasteiger partial charge on any atom is 0.313 e. The van der Waals surface area contributed by atoms with Crippen molar-refractivity contribution in [3.63, 3.8) is 0 Å². The number of carbonyl (C=O) groups is 2. The summed E-state index contributed by atoms with van der Waals surface area (Å²) in [5.41, 5.74) is 1.23. The molecule has 0 amide bonds. The molecule has 0 saturated carbocycles. The van der Waals surface area contributed by atoms with Gasteiger partial charge in [0.2, 0.25) is 0 Å². The molecule has 0 aliphatic carbocycles. The van der Waals surface area contributed by atoms with Crippen molar-refractivity contribution in [2.45, 2.75) is 19.6 Å². The van der Waals surface area contributed by atoms with Crippen molar-refractivity contribution in [3.05, 3.63) is 71.3 Å². The van der Waals surface area contributed by atoms with Crippen molar-refractivity contribution in [3.8, 4) is 11.6 Å². The van der Waals surface area contributed by atoms with E-state index in [9.17, 15) is 19.1 Å². The van der Waals surface area contributed by atoms with Gasteiger partial charge in [0.25, 0.3) is 5.88 Å². The zero-order valence-corrected chi connectivity index (χ0v) is 17.4. The quantitative estimate of drug-likeness (QED) is 0.488. The van der Waals surface area contributed by atoms with Gasteiger partial charge >= 0.3 is 5.97 Å². The van der Waals surface area contributed by atoms with E-state index in [-0.39, 0.29) is 36.3 Å². The summed E-state index contributed by atoms with van der Waals surface area (Å²) in [6, 6.07) is 7.69. The Hall–Kier alpha value is -3.23. The monoisotopic (exact) mass is 446 g/mol. The first-order valence-electron chi connectivity index (χ1n) is 9.46. The molecule has 1 aliphatic heterocycles. The van der Waals surface area contributed by atoms with Gasteiger partial charge in [-0.05, 0) is 36.8 Å². The molecule has 3 rings (SSSR count). The van der Waals surface area contributed by atoms with Gasteiger partial charge in [-0.25, -0.2) is 9.37 Å². The molecule has 0 saturated heterocycles. The molecule has 1 aromatic carbocycles. The minimum atomic E-state index is -1.08. The SMILES string of the molecule is CCOC(=O)CC(=O)CN1C=CC=C(c2ccc(Oc3ncc(Cl)cc3F)cc2)C1O. The molecule has 2 heterocycles. The number of carbonyl (C=O) groups excluding carboxylic acids is 2. The number of ether oxygens (including phenoxy) is 2. The number of benzene rings is 1. The van der Waals surface area contributed by atoms with Gasteiger partial charge in [-0.15, -0.1) is 0 Å². The van der Waals surface area contributed by atoms with Crippen LogP contribution in [0.15, 0.2) is 54.9 Å². The Kier molecular flexibility index (Phi) is 7.38. The fourth-order valence-corrected chi connectivity index (χ4v) is 3.07. The number of pyridine rings is 1. The fraction of sp³-hybridized carbons (Fsp3) is 0.227. The molecule has 9 heteroatoms. The van der Waals surface area contributed by atoms with E-state index in [0.717, 1.165) is 6.07 Å². The van der Waals surface area contributed by atoms with Crippen LogP contribution in [0.4, 0.5) is 4.39 Å². The lowest BCUT2D eigenvalue weighted by atomic mass is 10.0. The molecule has 1 N–H and O–H groups in total. The van der Waals surface area contributed by atoms with E-state index in [1.807, 2.05) is 0 Å². The van der Waals surface area contributed by atoms with Crippen LogP contribution in [-0.4, -0.2) is 46.1 Å². The number of esters is 1. The van der Waals surface area contributed by atoms with E-state index >= 15 is 0 Å². The van der Waals surface area contributed by atoms with E-state index < -0.39 is 18.0 Å². The highest BCUT2D eigenvalue weighted by Crippen LogP contribution is 2.29. The van der Waals surface area contributed by atoms with Crippen LogP contribution in [0, 0.1) is 5.82 Å². The molecule has 31 heavy (non-hydrogen) atoms. The zero-order chi connectivity index (χ0) is 22.4. The van der Waals surface area contributed by atoms with Crippen molar-refractivity contribution >= 4 is 28.9 Å². The normalized spacial score (nSPS) is 15.4. The maximum absolute atomic E-state index is 13.8. The standard InChI is InChI=1S/C22H20ClFN2O5/c1-2-30-20(28)11-16(27)13-26-9-3-4-18(22(26)29)14-5-7-17(8-6-14)31-21-19(24)10-15(23)12-25-21/h3-10,12,22,29H,2,11,13H2,1H3. The van der Waals surface area contributed by atoms with Crippen molar-refractivity contribution in [2.24, 2.45) is 0 Å². The number of halogens is 2. The Bertz CT molecular complexity index is 1020.